The topological polar surface area (TPSA) is 86.0 Å². The molecule has 2 aromatic heterocycles. The second kappa shape index (κ2) is 7.17. The molecule has 2 heterocycles. The van der Waals surface area contributed by atoms with Gasteiger partial charge in [0, 0.05) is 56.8 Å². The number of methoxy groups -OCH3 is 1. The molecule has 0 radical (unpaired) electrons. The maximum Gasteiger partial charge on any atom is 0.284 e. The van der Waals surface area contributed by atoms with Gasteiger partial charge in [0.15, 0.2) is 5.16 Å². The van der Waals surface area contributed by atoms with Crippen LogP contribution >= 0.6 is 11.8 Å². The van der Waals surface area contributed by atoms with E-state index < -0.39 is 0 Å². The van der Waals surface area contributed by atoms with Crippen LogP contribution < -0.4 is 5.32 Å². The Bertz CT molecular complexity index is 502. The summed E-state index contributed by atoms with van der Waals surface area (Å²) >= 11 is 1.25. The lowest BCUT2D eigenvalue weighted by Crippen LogP contribution is -2.18. The van der Waals surface area contributed by atoms with Crippen LogP contribution in [-0.4, -0.2) is 40.4 Å². The van der Waals surface area contributed by atoms with Gasteiger partial charge in [-0.05, 0) is 0 Å². The first-order valence-corrected chi connectivity index (χ1v) is 6.58. The Labute approximate surface area is 115 Å². The third-order valence-corrected chi connectivity index (χ3v) is 2.91. The number of hydrogen-bond acceptors (Lipinski definition) is 8. The third-order valence-electron chi connectivity index (χ3n) is 2.18. The van der Waals surface area contributed by atoms with Crippen LogP contribution in [0, 0.1) is 6.92 Å². The van der Waals surface area contributed by atoms with Gasteiger partial charge in [0.2, 0.25) is 5.89 Å². The zero-order chi connectivity index (χ0) is 13.5. The van der Waals surface area contributed by atoms with Crippen LogP contribution in [-0.2, 0) is 11.3 Å². The highest BCUT2D eigenvalue weighted by molar-refractivity contribution is 7.98. The average Bonchev–Trinajstić information content (AvgIpc) is 2.82. The van der Waals surface area contributed by atoms with Crippen LogP contribution in [0.3, 0.4) is 0 Å². The van der Waals surface area contributed by atoms with Crippen molar-refractivity contribution in [2.24, 2.45) is 0 Å². The molecular weight excluding hydrogens is 266 g/mol. The van der Waals surface area contributed by atoms with Gasteiger partial charge >= 0.3 is 0 Å². The van der Waals surface area contributed by atoms with Crippen molar-refractivity contribution in [1.29, 1.82) is 0 Å². The lowest BCUT2D eigenvalue weighted by molar-refractivity contribution is 0.199. The normalized spacial score (nSPS) is 10.8. The SMILES string of the molecule is COCCNCc1cnc(Sc2nnc(C)o2)nc1. The van der Waals surface area contributed by atoms with Crippen molar-refractivity contribution in [1.82, 2.24) is 25.5 Å². The molecule has 0 bridgehead atoms. The van der Waals surface area contributed by atoms with E-state index in [0.29, 0.717) is 29.4 Å². The summed E-state index contributed by atoms with van der Waals surface area (Å²) in [5.41, 5.74) is 1.02. The number of rotatable bonds is 7. The molecule has 0 atom stereocenters. The van der Waals surface area contributed by atoms with E-state index in [-0.39, 0.29) is 0 Å². The van der Waals surface area contributed by atoms with E-state index in [4.69, 9.17) is 9.15 Å². The highest BCUT2D eigenvalue weighted by Gasteiger charge is 2.07. The Morgan fingerprint density at radius 3 is 2.74 bits per heavy atom. The molecule has 8 heteroatoms. The molecule has 1 N–H and O–H groups in total. The molecule has 0 fully saturated rings. The lowest BCUT2D eigenvalue weighted by atomic mass is 10.3. The first-order valence-electron chi connectivity index (χ1n) is 5.76. The van der Waals surface area contributed by atoms with Gasteiger partial charge in [0.25, 0.3) is 5.22 Å². The number of ether oxygens (including phenoxy) is 1. The summed E-state index contributed by atoms with van der Waals surface area (Å²) in [5, 5.41) is 11.9. The first kappa shape index (κ1) is 13.9. The van der Waals surface area contributed by atoms with E-state index in [9.17, 15) is 0 Å². The summed E-state index contributed by atoms with van der Waals surface area (Å²) in [6.45, 7) is 3.94. The molecule has 2 aromatic rings. The van der Waals surface area contributed by atoms with E-state index in [1.54, 1.807) is 26.4 Å². The predicted molar refractivity (Wildman–Crippen MR) is 68.8 cm³/mol. The predicted octanol–water partition coefficient (Wildman–Crippen LogP) is 1.06. The number of nitrogens with one attached hydrogen (secondary N) is 1. The molecule has 0 amide bonds. The minimum atomic E-state index is 0.448. The van der Waals surface area contributed by atoms with Crippen LogP contribution in [0.15, 0.2) is 27.2 Å². The summed E-state index contributed by atoms with van der Waals surface area (Å²) in [4.78, 5) is 8.47. The third kappa shape index (κ3) is 4.58. The molecule has 102 valence electrons. The molecule has 0 unspecified atom stereocenters. The molecular formula is C11H15N5O2S. The Balaban J connectivity index is 1.84. The largest absolute Gasteiger partial charge is 0.416 e. The Hall–Kier alpha value is -1.51. The van der Waals surface area contributed by atoms with Crippen LogP contribution in [0.4, 0.5) is 0 Å². The zero-order valence-corrected chi connectivity index (χ0v) is 11.6. The molecule has 0 spiro atoms. The summed E-state index contributed by atoms with van der Waals surface area (Å²) in [7, 11) is 1.68. The maximum absolute atomic E-state index is 5.24. The van der Waals surface area contributed by atoms with Gasteiger partial charge in [-0.1, -0.05) is 0 Å². The van der Waals surface area contributed by atoms with Crippen molar-refractivity contribution in [2.45, 2.75) is 23.8 Å². The van der Waals surface area contributed by atoms with Gasteiger partial charge in [0.05, 0.1) is 6.61 Å². The molecule has 0 aliphatic carbocycles. The minimum absolute atomic E-state index is 0.448. The van der Waals surface area contributed by atoms with Gasteiger partial charge in [-0.2, -0.15) is 0 Å². The Kier molecular flexibility index (Phi) is 5.25. The van der Waals surface area contributed by atoms with Gasteiger partial charge in [-0.3, -0.25) is 0 Å². The zero-order valence-electron chi connectivity index (χ0n) is 10.8. The van der Waals surface area contributed by atoms with Gasteiger partial charge in [-0.25, -0.2) is 9.97 Å². The summed E-state index contributed by atoms with van der Waals surface area (Å²) in [6.07, 6.45) is 3.55. The van der Waals surface area contributed by atoms with E-state index >= 15 is 0 Å². The number of hydrogen-bond donors (Lipinski definition) is 1. The summed E-state index contributed by atoms with van der Waals surface area (Å²) in [6, 6.07) is 0. The second-order valence-corrected chi connectivity index (χ2v) is 4.65. The second-order valence-electron chi connectivity index (χ2n) is 3.73. The van der Waals surface area contributed by atoms with Gasteiger partial charge in [-0.15, -0.1) is 10.2 Å². The highest BCUT2D eigenvalue weighted by Crippen LogP contribution is 2.22. The average molecular weight is 281 g/mol. The number of aromatic nitrogens is 4. The van der Waals surface area contributed by atoms with Gasteiger partial charge in [0.1, 0.15) is 0 Å². The monoisotopic (exact) mass is 281 g/mol. The van der Waals surface area contributed by atoms with Crippen LogP contribution in [0.2, 0.25) is 0 Å². The fourth-order valence-corrected chi connectivity index (χ4v) is 1.90. The van der Waals surface area contributed by atoms with Crippen molar-refractivity contribution in [2.75, 3.05) is 20.3 Å². The van der Waals surface area contributed by atoms with E-state index in [1.807, 2.05) is 0 Å². The summed E-state index contributed by atoms with van der Waals surface area (Å²) in [5.74, 6) is 0.529. The molecule has 0 saturated heterocycles. The molecule has 0 saturated carbocycles. The van der Waals surface area contributed by atoms with Crippen molar-refractivity contribution in [3.05, 3.63) is 23.8 Å². The maximum atomic E-state index is 5.24. The molecule has 19 heavy (non-hydrogen) atoms. The van der Waals surface area contributed by atoms with Crippen molar-refractivity contribution >= 4 is 11.8 Å². The summed E-state index contributed by atoms with van der Waals surface area (Å²) < 4.78 is 10.2. The van der Waals surface area contributed by atoms with Crippen LogP contribution in [0.25, 0.3) is 0 Å². The van der Waals surface area contributed by atoms with Crippen molar-refractivity contribution < 1.29 is 9.15 Å². The standard InChI is InChI=1S/C11H15N5O2S/c1-8-15-16-11(18-8)19-10-13-6-9(7-14-10)5-12-3-4-17-2/h6-7,12H,3-5H2,1-2H3. The lowest BCUT2D eigenvalue weighted by Gasteiger charge is -2.03. The van der Waals surface area contributed by atoms with E-state index in [2.05, 4.69) is 25.5 Å². The highest BCUT2D eigenvalue weighted by atomic mass is 32.2. The fourth-order valence-electron chi connectivity index (χ4n) is 1.29. The minimum Gasteiger partial charge on any atom is -0.416 e. The van der Waals surface area contributed by atoms with Crippen LogP contribution in [0.1, 0.15) is 11.5 Å². The molecule has 0 aliphatic heterocycles. The first-order chi connectivity index (χ1) is 9.28. The van der Waals surface area contributed by atoms with E-state index in [1.165, 1.54) is 11.8 Å². The quantitative estimate of drug-likeness (QED) is 0.595. The Morgan fingerprint density at radius 1 is 1.32 bits per heavy atom. The molecule has 2 rings (SSSR count). The van der Waals surface area contributed by atoms with E-state index in [0.717, 1.165) is 12.1 Å². The molecule has 0 aliphatic rings. The smallest absolute Gasteiger partial charge is 0.284 e. The fraction of sp³-hybridized carbons (Fsp3) is 0.455. The Morgan fingerprint density at radius 2 is 2.11 bits per heavy atom. The molecule has 7 nitrogen and oxygen atoms in total. The van der Waals surface area contributed by atoms with Crippen LogP contribution in [0.5, 0.6) is 0 Å². The number of aryl methyl sites for hydroxylation is 1. The van der Waals surface area contributed by atoms with Crippen molar-refractivity contribution in [3.8, 4) is 0 Å². The van der Waals surface area contributed by atoms with Gasteiger partial charge < -0.3 is 14.5 Å². The molecule has 0 aromatic carbocycles. The van der Waals surface area contributed by atoms with Crippen molar-refractivity contribution in [3.63, 3.8) is 0 Å². The number of nitrogens with zero attached hydrogens (tertiary/aromatic N) is 4.